The third-order valence-electron chi connectivity index (χ3n) is 7.78. The maximum atomic E-state index is 2.43. The lowest BCUT2D eigenvalue weighted by Gasteiger charge is -2.28. The van der Waals surface area contributed by atoms with E-state index in [9.17, 15) is 0 Å². The normalized spacial score (nSPS) is 11.4. The zero-order valence-corrected chi connectivity index (χ0v) is 23.1. The van der Waals surface area contributed by atoms with Gasteiger partial charge in [-0.05, 0) is 48.5 Å². The van der Waals surface area contributed by atoms with Crippen LogP contribution in [0.25, 0.3) is 48.0 Å². The predicted molar refractivity (Wildman–Crippen MR) is 176 cm³/mol. The summed E-state index contributed by atoms with van der Waals surface area (Å²) in [6, 6.07) is 56.3. The summed E-state index contributed by atoms with van der Waals surface area (Å²) in [6.45, 7) is 0. The molecule has 0 aliphatic rings. The van der Waals surface area contributed by atoms with Gasteiger partial charge in [-0.15, -0.1) is 11.3 Å². The van der Waals surface area contributed by atoms with Crippen molar-refractivity contribution in [3.05, 3.63) is 158 Å². The van der Waals surface area contributed by atoms with Crippen molar-refractivity contribution in [1.29, 1.82) is 0 Å². The zero-order valence-electron chi connectivity index (χ0n) is 22.3. The molecule has 0 aliphatic heterocycles. The molecule has 0 atom stereocenters. The third kappa shape index (κ3) is 3.86. The Morgan fingerprint density at radius 3 is 1.73 bits per heavy atom. The van der Waals surface area contributed by atoms with E-state index in [0.29, 0.717) is 0 Å². The largest absolute Gasteiger partial charge is 0.310 e. The van der Waals surface area contributed by atoms with E-state index in [1.807, 2.05) is 11.3 Å². The number of anilines is 3. The Balaban J connectivity index is 1.42. The van der Waals surface area contributed by atoms with Gasteiger partial charge in [-0.3, -0.25) is 0 Å². The van der Waals surface area contributed by atoms with E-state index in [0.717, 1.165) is 17.1 Å². The van der Waals surface area contributed by atoms with E-state index in [2.05, 4.69) is 167 Å². The van der Waals surface area contributed by atoms with Gasteiger partial charge in [0.25, 0.3) is 0 Å². The van der Waals surface area contributed by atoms with Crippen LogP contribution in [-0.4, -0.2) is 4.57 Å². The molecule has 0 radical (unpaired) electrons. The Morgan fingerprint density at radius 1 is 0.439 bits per heavy atom. The van der Waals surface area contributed by atoms with E-state index >= 15 is 0 Å². The number of benzene rings is 6. The molecule has 0 aliphatic carbocycles. The number of hydrogen-bond donors (Lipinski definition) is 0. The second-order valence-corrected chi connectivity index (χ2v) is 11.2. The number of aromatic nitrogens is 1. The highest BCUT2D eigenvalue weighted by molar-refractivity contribution is 7.27. The number of thiophene rings is 1. The summed E-state index contributed by atoms with van der Waals surface area (Å²) in [5.41, 5.74) is 9.60. The molecule has 2 heterocycles. The number of hydrogen-bond acceptors (Lipinski definition) is 2. The average molecular weight is 543 g/mol. The molecule has 3 heteroatoms. The standard InChI is InChI=1S/C38H26N2S/c1-4-15-27(16-5-1)39(28-17-6-2-7-18-28)34-25-12-10-21-30(34)31-23-14-24-33-36-38(41-37(31)33)32-22-11-13-26-35(32)40(36)29-19-8-3-9-20-29/h1-26H. The number of rotatable bonds is 5. The van der Waals surface area contributed by atoms with E-state index in [-0.39, 0.29) is 0 Å². The molecule has 0 bridgehead atoms. The van der Waals surface area contributed by atoms with Crippen LogP contribution in [-0.2, 0) is 0 Å². The fourth-order valence-electron chi connectivity index (χ4n) is 6.03. The van der Waals surface area contributed by atoms with Crippen LogP contribution in [0.1, 0.15) is 0 Å². The van der Waals surface area contributed by atoms with Gasteiger partial charge < -0.3 is 9.47 Å². The second-order valence-electron chi connectivity index (χ2n) is 10.2. The predicted octanol–water partition coefficient (Wildman–Crippen LogP) is 11.1. The summed E-state index contributed by atoms with van der Waals surface area (Å²) in [7, 11) is 0. The Kier molecular flexibility index (Phi) is 5.68. The van der Waals surface area contributed by atoms with E-state index in [4.69, 9.17) is 0 Å². The lowest BCUT2D eigenvalue weighted by Crippen LogP contribution is -2.10. The molecule has 2 aromatic heterocycles. The van der Waals surface area contributed by atoms with Crippen LogP contribution in [0.5, 0.6) is 0 Å². The molecule has 0 saturated heterocycles. The molecule has 6 aromatic carbocycles. The van der Waals surface area contributed by atoms with Crippen LogP contribution in [0, 0.1) is 0 Å². The molecule has 8 rings (SSSR count). The monoisotopic (exact) mass is 542 g/mol. The van der Waals surface area contributed by atoms with Crippen molar-refractivity contribution in [2.24, 2.45) is 0 Å². The van der Waals surface area contributed by atoms with E-state index in [1.54, 1.807) is 0 Å². The fraction of sp³-hybridized carbons (Fsp3) is 0. The maximum Gasteiger partial charge on any atom is 0.0727 e. The Labute approximate surface area is 243 Å². The van der Waals surface area contributed by atoms with Gasteiger partial charge in [0.1, 0.15) is 0 Å². The summed E-state index contributed by atoms with van der Waals surface area (Å²) in [5.74, 6) is 0. The number of nitrogens with zero attached hydrogens (tertiary/aromatic N) is 2. The molecule has 0 amide bonds. The molecule has 0 saturated carbocycles. The SMILES string of the molecule is c1ccc(N(c2ccccc2)c2ccccc2-c2cccc3c2sc2c4ccccc4n(-c4ccccc4)c32)cc1. The Bertz CT molecular complexity index is 2100. The number of para-hydroxylation sites is 5. The van der Waals surface area contributed by atoms with Gasteiger partial charge in [0, 0.05) is 43.7 Å². The topological polar surface area (TPSA) is 8.17 Å². The first-order valence-corrected chi connectivity index (χ1v) is 14.7. The molecule has 41 heavy (non-hydrogen) atoms. The second kappa shape index (κ2) is 9.81. The third-order valence-corrected chi connectivity index (χ3v) is 9.04. The Hall–Kier alpha value is -5.12. The minimum atomic E-state index is 1.14. The summed E-state index contributed by atoms with van der Waals surface area (Å²) in [6.07, 6.45) is 0. The van der Waals surface area contributed by atoms with Crippen LogP contribution in [0.4, 0.5) is 17.1 Å². The quantitative estimate of drug-likeness (QED) is 0.210. The van der Waals surface area contributed by atoms with Gasteiger partial charge in [0.05, 0.1) is 21.4 Å². The molecule has 0 spiro atoms. The first kappa shape index (κ1) is 23.7. The fourth-order valence-corrected chi connectivity index (χ4v) is 7.37. The molecule has 194 valence electrons. The Morgan fingerprint density at radius 2 is 1.00 bits per heavy atom. The highest BCUT2D eigenvalue weighted by Crippen LogP contribution is 2.48. The molecule has 0 N–H and O–H groups in total. The first-order chi connectivity index (χ1) is 20.4. The highest BCUT2D eigenvalue weighted by atomic mass is 32.1. The van der Waals surface area contributed by atoms with Crippen LogP contribution in [0.2, 0.25) is 0 Å². The summed E-state index contributed by atoms with van der Waals surface area (Å²) < 4.78 is 5.06. The van der Waals surface area contributed by atoms with Crippen LogP contribution in [0.15, 0.2) is 158 Å². The molecule has 2 nitrogen and oxygen atoms in total. The van der Waals surface area contributed by atoms with Gasteiger partial charge >= 0.3 is 0 Å². The summed E-state index contributed by atoms with van der Waals surface area (Å²) in [4.78, 5) is 2.36. The first-order valence-electron chi connectivity index (χ1n) is 13.9. The van der Waals surface area contributed by atoms with Gasteiger partial charge in [0.15, 0.2) is 0 Å². The lowest BCUT2D eigenvalue weighted by atomic mass is 10.00. The van der Waals surface area contributed by atoms with Crippen molar-refractivity contribution in [3.63, 3.8) is 0 Å². The average Bonchev–Trinajstić information content (AvgIpc) is 3.58. The van der Waals surface area contributed by atoms with Crippen LogP contribution >= 0.6 is 11.3 Å². The molecule has 0 fully saturated rings. The van der Waals surface area contributed by atoms with Gasteiger partial charge in [-0.1, -0.05) is 109 Å². The smallest absolute Gasteiger partial charge is 0.0727 e. The van der Waals surface area contributed by atoms with E-state index < -0.39 is 0 Å². The van der Waals surface area contributed by atoms with Gasteiger partial charge in [-0.2, -0.15) is 0 Å². The molecular weight excluding hydrogens is 516 g/mol. The summed E-state index contributed by atoms with van der Waals surface area (Å²) in [5, 5.41) is 2.57. The molecule has 0 unspecified atom stereocenters. The van der Waals surface area contributed by atoms with E-state index in [1.165, 1.54) is 48.0 Å². The van der Waals surface area contributed by atoms with Crippen LogP contribution in [0.3, 0.4) is 0 Å². The van der Waals surface area contributed by atoms with Crippen molar-refractivity contribution >= 4 is 59.6 Å². The van der Waals surface area contributed by atoms with Crippen molar-refractivity contribution in [3.8, 4) is 16.8 Å². The van der Waals surface area contributed by atoms with Crippen LogP contribution < -0.4 is 4.90 Å². The molecule has 8 aromatic rings. The minimum absolute atomic E-state index is 1.14. The maximum absolute atomic E-state index is 2.43. The molecular formula is C38H26N2S. The van der Waals surface area contributed by atoms with Gasteiger partial charge in [-0.25, -0.2) is 0 Å². The zero-order chi connectivity index (χ0) is 27.2. The van der Waals surface area contributed by atoms with Crippen molar-refractivity contribution in [1.82, 2.24) is 4.57 Å². The minimum Gasteiger partial charge on any atom is -0.310 e. The van der Waals surface area contributed by atoms with Crippen molar-refractivity contribution in [2.45, 2.75) is 0 Å². The van der Waals surface area contributed by atoms with Crippen molar-refractivity contribution < 1.29 is 0 Å². The summed E-state index contributed by atoms with van der Waals surface area (Å²) >= 11 is 1.90. The number of fused-ring (bicyclic) bond motifs is 5. The lowest BCUT2D eigenvalue weighted by molar-refractivity contribution is 1.19. The van der Waals surface area contributed by atoms with Crippen molar-refractivity contribution in [2.75, 3.05) is 4.90 Å². The highest BCUT2D eigenvalue weighted by Gasteiger charge is 2.22. The van der Waals surface area contributed by atoms with Gasteiger partial charge in [0.2, 0.25) is 0 Å².